The molecule has 1 aromatic heterocycles. The number of nitrogens with two attached hydrogens (primary N) is 1. The molecule has 1 heterocycles. The van der Waals surface area contributed by atoms with Crippen LogP contribution in [-0.4, -0.2) is 29.3 Å². The van der Waals surface area contributed by atoms with Crippen LogP contribution in [0.15, 0.2) is 18.2 Å². The molecule has 3 rings (SSSR count). The van der Waals surface area contributed by atoms with E-state index in [4.69, 9.17) is 17.3 Å². The molecule has 0 spiro atoms. The second-order valence-electron chi connectivity index (χ2n) is 5.76. The van der Waals surface area contributed by atoms with E-state index in [0.29, 0.717) is 23.3 Å². The van der Waals surface area contributed by atoms with Crippen LogP contribution in [0.3, 0.4) is 0 Å². The third-order valence-electron chi connectivity index (χ3n) is 4.19. The van der Waals surface area contributed by atoms with Crippen molar-refractivity contribution in [1.29, 1.82) is 0 Å². The summed E-state index contributed by atoms with van der Waals surface area (Å²) in [6.45, 7) is -0.307. The molecule has 1 unspecified atom stereocenters. The monoisotopic (exact) mass is 396 g/mol. The topological polar surface area (TPSA) is 109 Å². The quantitative estimate of drug-likeness (QED) is 0.673. The van der Waals surface area contributed by atoms with E-state index in [1.54, 1.807) is 0 Å². The second-order valence-corrected chi connectivity index (χ2v) is 7.22. The van der Waals surface area contributed by atoms with Crippen LogP contribution in [0.2, 0.25) is 5.02 Å². The lowest BCUT2D eigenvalue weighted by molar-refractivity contribution is -0.138. The number of nitrogens with one attached hydrogen (secondary N) is 1. The van der Waals surface area contributed by atoms with Crippen LogP contribution in [0.4, 0.5) is 9.39 Å². The van der Waals surface area contributed by atoms with Crippen molar-refractivity contribution in [2.45, 2.75) is 18.8 Å². The number of carboxylic acids is 1. The van der Waals surface area contributed by atoms with Gasteiger partial charge in [-0.2, -0.15) is 0 Å². The van der Waals surface area contributed by atoms with Crippen LogP contribution in [0.1, 0.15) is 38.7 Å². The standard InChI is InChI=1S/C17H14ClFN2O4S/c18-9-2-1-3-10(19)13(9)14(23)12-7-4-5-8(17(24)25)15(7)26-16(12)21-11(22)6-20/h1-3,8H,4-6,20H2,(H,21,22)(H,24,25). The summed E-state index contributed by atoms with van der Waals surface area (Å²) in [6, 6.07) is 3.89. The van der Waals surface area contributed by atoms with Gasteiger partial charge in [0.05, 0.1) is 28.6 Å². The predicted molar refractivity (Wildman–Crippen MR) is 95.5 cm³/mol. The first-order valence-electron chi connectivity index (χ1n) is 7.72. The van der Waals surface area contributed by atoms with E-state index in [-0.39, 0.29) is 27.7 Å². The van der Waals surface area contributed by atoms with Crippen molar-refractivity contribution in [3.05, 3.63) is 50.6 Å². The number of carbonyl (C=O) groups excluding carboxylic acids is 2. The average molecular weight is 397 g/mol. The van der Waals surface area contributed by atoms with Gasteiger partial charge in [-0.15, -0.1) is 11.3 Å². The van der Waals surface area contributed by atoms with E-state index in [1.165, 1.54) is 12.1 Å². The number of halogens is 2. The fourth-order valence-electron chi connectivity index (χ4n) is 3.01. The third kappa shape index (κ3) is 3.11. The van der Waals surface area contributed by atoms with Gasteiger partial charge in [-0.1, -0.05) is 17.7 Å². The summed E-state index contributed by atoms with van der Waals surface area (Å²) >= 11 is 7.01. The molecule has 0 aliphatic heterocycles. The van der Waals surface area contributed by atoms with E-state index in [9.17, 15) is 23.9 Å². The smallest absolute Gasteiger partial charge is 0.311 e. The molecule has 136 valence electrons. The number of carboxylic acid groups (broad SMARTS) is 1. The highest BCUT2D eigenvalue weighted by Crippen LogP contribution is 2.46. The number of aliphatic carboxylic acids is 1. The van der Waals surface area contributed by atoms with Crippen LogP contribution < -0.4 is 11.1 Å². The molecule has 6 nitrogen and oxygen atoms in total. The van der Waals surface area contributed by atoms with Crippen molar-refractivity contribution in [1.82, 2.24) is 0 Å². The van der Waals surface area contributed by atoms with Gasteiger partial charge in [0.1, 0.15) is 10.8 Å². The molecule has 1 aromatic carbocycles. The number of hydrogen-bond acceptors (Lipinski definition) is 5. The fourth-order valence-corrected chi connectivity index (χ4v) is 4.65. The lowest BCUT2D eigenvalue weighted by Crippen LogP contribution is -2.22. The molecule has 1 aliphatic carbocycles. The van der Waals surface area contributed by atoms with Crippen LogP contribution in [0.25, 0.3) is 0 Å². The van der Waals surface area contributed by atoms with Gasteiger partial charge in [0.25, 0.3) is 0 Å². The van der Waals surface area contributed by atoms with Crippen molar-refractivity contribution >= 4 is 45.6 Å². The van der Waals surface area contributed by atoms with E-state index in [2.05, 4.69) is 5.32 Å². The molecule has 0 saturated heterocycles. The third-order valence-corrected chi connectivity index (χ3v) is 5.77. The maximum Gasteiger partial charge on any atom is 0.311 e. The molecular weight excluding hydrogens is 383 g/mol. The lowest BCUT2D eigenvalue weighted by atomic mass is 9.99. The zero-order valence-electron chi connectivity index (χ0n) is 13.3. The zero-order chi connectivity index (χ0) is 19.0. The molecule has 0 radical (unpaired) electrons. The maximum atomic E-state index is 14.2. The summed E-state index contributed by atoms with van der Waals surface area (Å²) in [5.41, 5.74) is 5.59. The molecule has 26 heavy (non-hydrogen) atoms. The molecule has 0 saturated carbocycles. The number of rotatable bonds is 5. The fraction of sp³-hybridized carbons (Fsp3) is 0.235. The molecular formula is C17H14ClFN2O4S. The number of benzene rings is 1. The van der Waals surface area contributed by atoms with Gasteiger partial charge in [0, 0.05) is 4.88 Å². The van der Waals surface area contributed by atoms with Gasteiger partial charge in [-0.25, -0.2) is 4.39 Å². The van der Waals surface area contributed by atoms with Gasteiger partial charge in [0.15, 0.2) is 0 Å². The van der Waals surface area contributed by atoms with Crippen molar-refractivity contribution in [3.8, 4) is 0 Å². The van der Waals surface area contributed by atoms with E-state index < -0.39 is 29.4 Å². The minimum atomic E-state index is -1.01. The Morgan fingerprint density at radius 1 is 1.35 bits per heavy atom. The number of fused-ring (bicyclic) bond motifs is 1. The Labute approximate surface area is 156 Å². The lowest BCUT2D eigenvalue weighted by Gasteiger charge is -2.09. The molecule has 0 fully saturated rings. The number of hydrogen-bond donors (Lipinski definition) is 3. The molecule has 1 amide bonds. The van der Waals surface area contributed by atoms with Gasteiger partial charge in [0.2, 0.25) is 11.7 Å². The summed E-state index contributed by atoms with van der Waals surface area (Å²) in [5, 5.41) is 12.0. The number of ketones is 1. The highest BCUT2D eigenvalue weighted by atomic mass is 35.5. The van der Waals surface area contributed by atoms with Crippen molar-refractivity contribution in [2.75, 3.05) is 11.9 Å². The summed E-state index contributed by atoms with van der Waals surface area (Å²) in [5.74, 6) is -3.79. The molecule has 4 N–H and O–H groups in total. The summed E-state index contributed by atoms with van der Waals surface area (Å²) in [6.07, 6.45) is 0.682. The number of amides is 1. The normalized spacial score (nSPS) is 15.6. The van der Waals surface area contributed by atoms with Crippen LogP contribution in [0.5, 0.6) is 0 Å². The Bertz CT molecular complexity index is 907. The maximum absolute atomic E-state index is 14.2. The van der Waals surface area contributed by atoms with Crippen LogP contribution >= 0.6 is 22.9 Å². The second kappa shape index (κ2) is 7.14. The van der Waals surface area contributed by atoms with E-state index >= 15 is 0 Å². The molecule has 9 heteroatoms. The Kier molecular flexibility index (Phi) is 5.08. The summed E-state index contributed by atoms with van der Waals surface area (Å²) in [7, 11) is 0. The molecule has 0 bridgehead atoms. The highest BCUT2D eigenvalue weighted by molar-refractivity contribution is 7.17. The Morgan fingerprint density at radius 2 is 2.08 bits per heavy atom. The minimum absolute atomic E-state index is 0.0566. The average Bonchev–Trinajstić information content (AvgIpc) is 3.12. The minimum Gasteiger partial charge on any atom is -0.481 e. The molecule has 1 aliphatic rings. The molecule has 1 atom stereocenters. The first-order valence-corrected chi connectivity index (χ1v) is 8.91. The Hall–Kier alpha value is -2.29. The number of carbonyl (C=O) groups is 3. The SMILES string of the molecule is NCC(=O)Nc1sc2c(c1C(=O)c1c(F)cccc1Cl)CCC2C(=O)O. The number of anilines is 1. The zero-order valence-corrected chi connectivity index (χ0v) is 14.9. The van der Waals surface area contributed by atoms with E-state index in [0.717, 1.165) is 17.4 Å². The van der Waals surface area contributed by atoms with Gasteiger partial charge < -0.3 is 16.2 Å². The van der Waals surface area contributed by atoms with Gasteiger partial charge in [-0.05, 0) is 30.5 Å². The van der Waals surface area contributed by atoms with Crippen molar-refractivity contribution in [2.24, 2.45) is 5.73 Å². The van der Waals surface area contributed by atoms with E-state index in [1.807, 2.05) is 0 Å². The summed E-state index contributed by atoms with van der Waals surface area (Å²) < 4.78 is 14.2. The first kappa shape index (κ1) is 18.5. The van der Waals surface area contributed by atoms with Crippen molar-refractivity contribution in [3.63, 3.8) is 0 Å². The van der Waals surface area contributed by atoms with Crippen molar-refractivity contribution < 1.29 is 23.9 Å². The Morgan fingerprint density at radius 3 is 2.69 bits per heavy atom. The van der Waals surface area contributed by atoms with Crippen LogP contribution in [0, 0.1) is 5.82 Å². The number of thiophene rings is 1. The first-order chi connectivity index (χ1) is 12.3. The Balaban J connectivity index is 2.16. The van der Waals surface area contributed by atoms with Gasteiger partial charge in [-0.3, -0.25) is 14.4 Å². The summed E-state index contributed by atoms with van der Waals surface area (Å²) in [4.78, 5) is 36.7. The largest absolute Gasteiger partial charge is 0.481 e. The van der Waals surface area contributed by atoms with Gasteiger partial charge >= 0.3 is 5.97 Å². The highest BCUT2D eigenvalue weighted by Gasteiger charge is 2.37. The predicted octanol–water partition coefficient (Wildman–Crippen LogP) is 2.78. The molecule has 2 aromatic rings. The van der Waals surface area contributed by atoms with Crippen LogP contribution in [-0.2, 0) is 16.0 Å².